The summed E-state index contributed by atoms with van der Waals surface area (Å²) in [5.41, 5.74) is 1.09. The lowest BCUT2D eigenvalue weighted by Gasteiger charge is -2.13. The van der Waals surface area contributed by atoms with E-state index in [0.29, 0.717) is 6.61 Å². The van der Waals surface area contributed by atoms with Gasteiger partial charge in [-0.15, -0.1) is 0 Å². The SMILES string of the molecule is Cc1cnc(C(C)COCCN(C)C)nc1. The van der Waals surface area contributed by atoms with E-state index < -0.39 is 0 Å². The van der Waals surface area contributed by atoms with Crippen molar-refractivity contribution in [1.29, 1.82) is 0 Å². The normalized spacial score (nSPS) is 13.1. The molecule has 1 aromatic heterocycles. The molecule has 0 N–H and O–H groups in total. The summed E-state index contributed by atoms with van der Waals surface area (Å²) in [5.74, 6) is 1.11. The monoisotopic (exact) mass is 223 g/mol. The summed E-state index contributed by atoms with van der Waals surface area (Å²) in [6, 6.07) is 0. The van der Waals surface area contributed by atoms with Crippen molar-refractivity contribution in [3.05, 3.63) is 23.8 Å². The van der Waals surface area contributed by atoms with Gasteiger partial charge in [-0.05, 0) is 26.6 Å². The molecule has 0 spiro atoms. The van der Waals surface area contributed by atoms with Crippen LogP contribution < -0.4 is 0 Å². The molecule has 0 saturated carbocycles. The van der Waals surface area contributed by atoms with Crippen molar-refractivity contribution in [2.75, 3.05) is 33.9 Å². The van der Waals surface area contributed by atoms with E-state index in [9.17, 15) is 0 Å². The Kier molecular flexibility index (Phi) is 5.35. The Morgan fingerprint density at radius 2 is 1.94 bits per heavy atom. The molecule has 1 unspecified atom stereocenters. The van der Waals surface area contributed by atoms with Gasteiger partial charge in [0.05, 0.1) is 13.2 Å². The first-order valence-electron chi connectivity index (χ1n) is 5.60. The summed E-state index contributed by atoms with van der Waals surface area (Å²) in [6.45, 7) is 6.45. The van der Waals surface area contributed by atoms with Crippen LogP contribution in [0.4, 0.5) is 0 Å². The third-order valence-corrected chi connectivity index (χ3v) is 2.29. The maximum absolute atomic E-state index is 5.57. The van der Waals surface area contributed by atoms with Gasteiger partial charge in [0, 0.05) is 24.9 Å². The molecule has 0 aromatic carbocycles. The zero-order valence-corrected chi connectivity index (χ0v) is 10.6. The van der Waals surface area contributed by atoms with Crippen LogP contribution in [0.25, 0.3) is 0 Å². The summed E-state index contributed by atoms with van der Waals surface area (Å²) in [7, 11) is 4.08. The van der Waals surface area contributed by atoms with E-state index in [4.69, 9.17) is 4.74 Å². The van der Waals surface area contributed by atoms with Crippen LogP contribution in [0.2, 0.25) is 0 Å². The van der Waals surface area contributed by atoms with Crippen molar-refractivity contribution in [3.8, 4) is 0 Å². The minimum atomic E-state index is 0.253. The van der Waals surface area contributed by atoms with E-state index in [1.165, 1.54) is 0 Å². The highest BCUT2D eigenvalue weighted by molar-refractivity contribution is 5.04. The largest absolute Gasteiger partial charge is 0.379 e. The Bertz CT molecular complexity index is 298. The number of nitrogens with zero attached hydrogens (tertiary/aromatic N) is 3. The van der Waals surface area contributed by atoms with Crippen molar-refractivity contribution in [2.24, 2.45) is 0 Å². The lowest BCUT2D eigenvalue weighted by atomic mass is 10.2. The number of rotatable bonds is 6. The molecule has 4 heteroatoms. The molecular weight excluding hydrogens is 202 g/mol. The summed E-state index contributed by atoms with van der Waals surface area (Å²) < 4.78 is 5.57. The van der Waals surface area contributed by atoms with Crippen LogP contribution >= 0.6 is 0 Å². The molecule has 0 aliphatic carbocycles. The molecule has 1 rings (SSSR count). The minimum absolute atomic E-state index is 0.253. The zero-order valence-electron chi connectivity index (χ0n) is 10.6. The van der Waals surface area contributed by atoms with Crippen molar-refractivity contribution in [1.82, 2.24) is 14.9 Å². The van der Waals surface area contributed by atoms with E-state index in [1.54, 1.807) is 0 Å². The fourth-order valence-electron chi connectivity index (χ4n) is 1.24. The highest BCUT2D eigenvalue weighted by atomic mass is 16.5. The molecule has 0 fully saturated rings. The predicted molar refractivity (Wildman–Crippen MR) is 64.6 cm³/mol. The molecule has 0 aliphatic heterocycles. The number of likely N-dealkylation sites (N-methyl/N-ethyl adjacent to an activating group) is 1. The topological polar surface area (TPSA) is 38.2 Å². The van der Waals surface area contributed by atoms with E-state index in [2.05, 4.69) is 21.8 Å². The maximum Gasteiger partial charge on any atom is 0.133 e. The highest BCUT2D eigenvalue weighted by Crippen LogP contribution is 2.09. The number of hydrogen-bond acceptors (Lipinski definition) is 4. The number of hydrogen-bond donors (Lipinski definition) is 0. The van der Waals surface area contributed by atoms with E-state index >= 15 is 0 Å². The fourth-order valence-corrected chi connectivity index (χ4v) is 1.24. The first-order chi connectivity index (χ1) is 7.59. The van der Waals surface area contributed by atoms with Gasteiger partial charge in [-0.25, -0.2) is 9.97 Å². The second-order valence-electron chi connectivity index (χ2n) is 4.40. The fraction of sp³-hybridized carbons (Fsp3) is 0.667. The van der Waals surface area contributed by atoms with E-state index in [0.717, 1.165) is 24.5 Å². The van der Waals surface area contributed by atoms with Gasteiger partial charge in [0.15, 0.2) is 0 Å². The first-order valence-corrected chi connectivity index (χ1v) is 5.60. The molecule has 16 heavy (non-hydrogen) atoms. The van der Waals surface area contributed by atoms with Gasteiger partial charge in [-0.3, -0.25) is 0 Å². The van der Waals surface area contributed by atoms with Gasteiger partial charge in [0.25, 0.3) is 0 Å². The van der Waals surface area contributed by atoms with Gasteiger partial charge < -0.3 is 9.64 Å². The zero-order chi connectivity index (χ0) is 12.0. The Morgan fingerprint density at radius 1 is 1.31 bits per heavy atom. The smallest absolute Gasteiger partial charge is 0.133 e. The van der Waals surface area contributed by atoms with E-state index in [-0.39, 0.29) is 5.92 Å². The average molecular weight is 223 g/mol. The first kappa shape index (κ1) is 13.1. The lowest BCUT2D eigenvalue weighted by Crippen LogP contribution is -2.19. The summed E-state index contributed by atoms with van der Waals surface area (Å²) in [4.78, 5) is 10.7. The van der Waals surface area contributed by atoms with Crippen LogP contribution in [0.1, 0.15) is 24.2 Å². The second kappa shape index (κ2) is 6.55. The van der Waals surface area contributed by atoms with Gasteiger partial charge in [0.1, 0.15) is 5.82 Å². The molecule has 0 bridgehead atoms. The van der Waals surface area contributed by atoms with Crippen LogP contribution in [-0.2, 0) is 4.74 Å². The Morgan fingerprint density at radius 3 is 2.50 bits per heavy atom. The van der Waals surface area contributed by atoms with Gasteiger partial charge >= 0.3 is 0 Å². The summed E-state index contributed by atoms with van der Waals surface area (Å²) >= 11 is 0. The van der Waals surface area contributed by atoms with Crippen molar-refractivity contribution in [3.63, 3.8) is 0 Å². The molecule has 1 heterocycles. The summed E-state index contributed by atoms with van der Waals surface area (Å²) in [6.07, 6.45) is 3.69. The Hall–Kier alpha value is -1.00. The quantitative estimate of drug-likeness (QED) is 0.684. The standard InChI is InChI=1S/C12H21N3O/c1-10-7-13-12(14-8-10)11(2)9-16-6-5-15(3)4/h7-8,11H,5-6,9H2,1-4H3. The molecule has 0 aliphatic rings. The van der Waals surface area contributed by atoms with Crippen molar-refractivity contribution >= 4 is 0 Å². The highest BCUT2D eigenvalue weighted by Gasteiger charge is 2.08. The molecule has 1 atom stereocenters. The third-order valence-electron chi connectivity index (χ3n) is 2.29. The number of aromatic nitrogens is 2. The Labute approximate surface area is 97.7 Å². The molecular formula is C12H21N3O. The number of aryl methyl sites for hydroxylation is 1. The maximum atomic E-state index is 5.57. The number of ether oxygens (including phenoxy) is 1. The summed E-state index contributed by atoms with van der Waals surface area (Å²) in [5, 5.41) is 0. The second-order valence-corrected chi connectivity index (χ2v) is 4.40. The minimum Gasteiger partial charge on any atom is -0.379 e. The molecule has 90 valence electrons. The Balaban J connectivity index is 2.29. The lowest BCUT2D eigenvalue weighted by molar-refractivity contribution is 0.107. The van der Waals surface area contributed by atoms with Crippen LogP contribution in [0, 0.1) is 6.92 Å². The third kappa shape index (κ3) is 4.68. The van der Waals surface area contributed by atoms with Gasteiger partial charge in [-0.1, -0.05) is 6.92 Å². The van der Waals surface area contributed by atoms with Crippen molar-refractivity contribution < 1.29 is 4.74 Å². The van der Waals surface area contributed by atoms with Crippen molar-refractivity contribution in [2.45, 2.75) is 19.8 Å². The molecule has 1 aromatic rings. The molecule has 0 radical (unpaired) electrons. The molecule has 0 amide bonds. The van der Waals surface area contributed by atoms with Crippen LogP contribution in [0.5, 0.6) is 0 Å². The van der Waals surface area contributed by atoms with Gasteiger partial charge in [-0.2, -0.15) is 0 Å². The molecule has 4 nitrogen and oxygen atoms in total. The van der Waals surface area contributed by atoms with E-state index in [1.807, 2.05) is 33.4 Å². The van der Waals surface area contributed by atoms with Crippen LogP contribution in [0.15, 0.2) is 12.4 Å². The van der Waals surface area contributed by atoms with Crippen LogP contribution in [-0.4, -0.2) is 48.7 Å². The average Bonchev–Trinajstić information content (AvgIpc) is 2.25. The predicted octanol–water partition coefficient (Wildman–Crippen LogP) is 1.47. The van der Waals surface area contributed by atoms with Crippen LogP contribution in [0.3, 0.4) is 0 Å². The van der Waals surface area contributed by atoms with Gasteiger partial charge in [0.2, 0.25) is 0 Å². The molecule has 0 saturated heterocycles.